The third-order valence-electron chi connectivity index (χ3n) is 12.9. The number of carbonyl (C=O) groups is 2. The summed E-state index contributed by atoms with van der Waals surface area (Å²) in [6, 6.07) is 0. The molecule has 1 heterocycles. The molecule has 0 amide bonds. The molecule has 5 heteroatoms. The number of likely N-dealkylation sites (N-methyl/N-ethyl adjacent to an activating group) is 1. The molecule has 0 aromatic rings. The van der Waals surface area contributed by atoms with Crippen LogP contribution in [-0.2, 0) is 19.1 Å². The highest BCUT2D eigenvalue weighted by Gasteiger charge is 2.60. The molecule has 1 aliphatic heterocycles. The smallest absolute Gasteiger partial charge is 0.362 e. The van der Waals surface area contributed by atoms with Crippen LogP contribution >= 0.6 is 0 Å². The van der Waals surface area contributed by atoms with Crippen LogP contribution in [0, 0.1) is 46.3 Å². The lowest BCUT2D eigenvalue weighted by molar-refractivity contribution is -0.890. The van der Waals surface area contributed by atoms with E-state index in [4.69, 9.17) is 9.47 Å². The van der Waals surface area contributed by atoms with Gasteiger partial charge < -0.3 is 14.0 Å². The molecule has 0 bridgehead atoms. The second-order valence-corrected chi connectivity index (χ2v) is 14.8. The summed E-state index contributed by atoms with van der Waals surface area (Å²) in [4.78, 5) is 24.6. The molecule has 210 valence electrons. The van der Waals surface area contributed by atoms with E-state index in [-0.39, 0.29) is 18.0 Å². The summed E-state index contributed by atoms with van der Waals surface area (Å²) in [5.41, 5.74) is 0.844. The Bertz CT molecular complexity index is 852. The molecule has 4 saturated carbocycles. The molecule has 0 spiro atoms. The van der Waals surface area contributed by atoms with Gasteiger partial charge in [0, 0.05) is 19.3 Å². The molecule has 5 fully saturated rings. The zero-order chi connectivity index (χ0) is 26.4. The first-order valence-corrected chi connectivity index (χ1v) is 15.7. The SMILES string of the molecule is COC(=O)CC[C@@H](C)[C@H]1CC[C@H]2[C@@H]3CC[C@@H]4C[C@H](OC(=O)C[N+]5(C)CCCC5)CC[C@]4(C)[C@H]3CC[C@]12C. The number of quaternary nitrogens is 1. The number of likely N-dealkylation sites (tertiary alicyclic amines) is 1. The van der Waals surface area contributed by atoms with E-state index in [1.807, 2.05) is 0 Å². The number of esters is 2. The van der Waals surface area contributed by atoms with Crippen molar-refractivity contribution >= 4 is 11.9 Å². The summed E-state index contributed by atoms with van der Waals surface area (Å²) in [7, 11) is 3.73. The Hall–Kier alpha value is -1.10. The third-order valence-corrected chi connectivity index (χ3v) is 12.9. The number of hydrogen-bond acceptors (Lipinski definition) is 4. The van der Waals surface area contributed by atoms with Crippen LogP contribution in [0.25, 0.3) is 0 Å². The van der Waals surface area contributed by atoms with Gasteiger partial charge in [-0.25, -0.2) is 4.79 Å². The van der Waals surface area contributed by atoms with Gasteiger partial charge in [-0.1, -0.05) is 20.8 Å². The lowest BCUT2D eigenvalue weighted by Crippen LogP contribution is -2.54. The molecular formula is C32H54NO4+. The van der Waals surface area contributed by atoms with Gasteiger partial charge in [0.25, 0.3) is 0 Å². The molecule has 1 saturated heterocycles. The van der Waals surface area contributed by atoms with Crippen molar-refractivity contribution in [3.8, 4) is 0 Å². The molecule has 0 aromatic carbocycles. The number of rotatable bonds is 7. The van der Waals surface area contributed by atoms with E-state index in [0.717, 1.165) is 60.5 Å². The molecule has 37 heavy (non-hydrogen) atoms. The molecule has 5 aliphatic rings. The van der Waals surface area contributed by atoms with Crippen LogP contribution < -0.4 is 0 Å². The minimum absolute atomic E-state index is 0.0402. The number of hydrogen-bond donors (Lipinski definition) is 0. The van der Waals surface area contributed by atoms with Crippen molar-refractivity contribution in [3.63, 3.8) is 0 Å². The fraction of sp³-hybridized carbons (Fsp3) is 0.938. The highest BCUT2D eigenvalue weighted by molar-refractivity contribution is 5.70. The number of nitrogens with zero attached hydrogens (tertiary/aromatic N) is 1. The fourth-order valence-electron chi connectivity index (χ4n) is 10.7. The highest BCUT2D eigenvalue weighted by Crippen LogP contribution is 2.68. The Morgan fingerprint density at radius 2 is 1.62 bits per heavy atom. The normalized spacial score (nSPS) is 43.3. The van der Waals surface area contributed by atoms with Crippen molar-refractivity contribution in [2.24, 2.45) is 46.3 Å². The summed E-state index contributed by atoms with van der Waals surface area (Å²) in [6.07, 6.45) is 15.6. The Labute approximate surface area is 226 Å². The Balaban J connectivity index is 1.20. The second kappa shape index (κ2) is 10.5. The lowest BCUT2D eigenvalue weighted by Gasteiger charge is -2.61. The van der Waals surface area contributed by atoms with Crippen LogP contribution in [0.1, 0.15) is 104 Å². The van der Waals surface area contributed by atoms with E-state index >= 15 is 0 Å². The zero-order valence-electron chi connectivity index (χ0n) is 24.4. The molecule has 5 rings (SSSR count). The topological polar surface area (TPSA) is 52.6 Å². The van der Waals surface area contributed by atoms with Crippen LogP contribution in [-0.4, -0.2) is 56.3 Å². The minimum Gasteiger partial charge on any atom is -0.469 e. The molecule has 5 nitrogen and oxygen atoms in total. The van der Waals surface area contributed by atoms with Crippen molar-refractivity contribution < 1.29 is 23.5 Å². The van der Waals surface area contributed by atoms with Crippen molar-refractivity contribution in [2.45, 2.75) is 110 Å². The van der Waals surface area contributed by atoms with Crippen LogP contribution in [0.3, 0.4) is 0 Å². The predicted octanol–water partition coefficient (Wildman–Crippen LogP) is 6.39. The highest BCUT2D eigenvalue weighted by atomic mass is 16.5. The van der Waals surface area contributed by atoms with Crippen LogP contribution in [0.5, 0.6) is 0 Å². The van der Waals surface area contributed by atoms with Gasteiger partial charge in [0.2, 0.25) is 0 Å². The monoisotopic (exact) mass is 516 g/mol. The van der Waals surface area contributed by atoms with Crippen molar-refractivity contribution in [1.82, 2.24) is 0 Å². The summed E-state index contributed by atoms with van der Waals surface area (Å²) < 4.78 is 11.9. The molecule has 0 aromatic heterocycles. The minimum atomic E-state index is -0.0606. The van der Waals surface area contributed by atoms with Gasteiger partial charge in [0.05, 0.1) is 27.2 Å². The summed E-state index contributed by atoms with van der Waals surface area (Å²) in [5, 5.41) is 0. The second-order valence-electron chi connectivity index (χ2n) is 14.8. The Kier molecular flexibility index (Phi) is 7.77. The number of fused-ring (bicyclic) bond motifs is 5. The van der Waals surface area contributed by atoms with Gasteiger partial charge in [-0.15, -0.1) is 0 Å². The predicted molar refractivity (Wildman–Crippen MR) is 146 cm³/mol. The number of ether oxygens (including phenoxy) is 2. The molecule has 9 atom stereocenters. The van der Waals surface area contributed by atoms with E-state index in [9.17, 15) is 9.59 Å². The van der Waals surface area contributed by atoms with Gasteiger partial charge in [-0.05, 0) is 111 Å². The first kappa shape index (κ1) is 27.5. The van der Waals surface area contributed by atoms with Gasteiger partial charge in [0.15, 0.2) is 6.54 Å². The maximum atomic E-state index is 12.8. The van der Waals surface area contributed by atoms with Gasteiger partial charge in [-0.2, -0.15) is 0 Å². The lowest BCUT2D eigenvalue weighted by atomic mass is 9.44. The van der Waals surface area contributed by atoms with E-state index in [1.54, 1.807) is 0 Å². The Morgan fingerprint density at radius 3 is 2.35 bits per heavy atom. The fourth-order valence-corrected chi connectivity index (χ4v) is 10.7. The van der Waals surface area contributed by atoms with Crippen molar-refractivity contribution in [3.05, 3.63) is 0 Å². The largest absolute Gasteiger partial charge is 0.469 e. The maximum Gasteiger partial charge on any atom is 0.362 e. The van der Waals surface area contributed by atoms with Crippen LogP contribution in [0.4, 0.5) is 0 Å². The molecular weight excluding hydrogens is 462 g/mol. The van der Waals surface area contributed by atoms with E-state index in [0.29, 0.717) is 35.6 Å². The van der Waals surface area contributed by atoms with Gasteiger partial charge in [-0.3, -0.25) is 4.79 Å². The summed E-state index contributed by atoms with van der Waals surface area (Å²) in [5.74, 6) is 4.55. The summed E-state index contributed by atoms with van der Waals surface area (Å²) >= 11 is 0. The van der Waals surface area contributed by atoms with E-state index in [1.165, 1.54) is 64.9 Å². The first-order valence-electron chi connectivity index (χ1n) is 15.7. The molecule has 0 N–H and O–H groups in total. The molecule has 0 radical (unpaired) electrons. The Morgan fingerprint density at radius 1 is 0.919 bits per heavy atom. The molecule has 4 aliphatic carbocycles. The quantitative estimate of drug-likeness (QED) is 0.291. The zero-order valence-corrected chi connectivity index (χ0v) is 24.4. The van der Waals surface area contributed by atoms with Gasteiger partial charge >= 0.3 is 11.9 Å². The number of carbonyl (C=O) groups excluding carboxylic acids is 2. The average molecular weight is 517 g/mol. The van der Waals surface area contributed by atoms with Crippen LogP contribution in [0.15, 0.2) is 0 Å². The number of methoxy groups -OCH3 is 1. The molecule has 0 unspecified atom stereocenters. The standard InChI is InChI=1S/C32H54NO4/c1-22(8-13-29(34)36-5)26-11-12-27-25-10-9-23-20-24(37-30(35)21-33(4)18-6-7-19-33)14-16-31(23,2)28(25)15-17-32(26,27)3/h22-28H,6-21H2,1-5H3/q+1/t22-,23-,24-,25+,26-,27+,28+,31+,32-/m1/s1. The third kappa shape index (κ3) is 5.12. The van der Waals surface area contributed by atoms with Crippen molar-refractivity contribution in [1.29, 1.82) is 0 Å². The summed E-state index contributed by atoms with van der Waals surface area (Å²) in [6.45, 7) is 10.4. The van der Waals surface area contributed by atoms with Crippen molar-refractivity contribution in [2.75, 3.05) is 33.8 Å². The van der Waals surface area contributed by atoms with E-state index < -0.39 is 0 Å². The van der Waals surface area contributed by atoms with Crippen LogP contribution in [0.2, 0.25) is 0 Å². The first-order chi connectivity index (χ1) is 17.6. The van der Waals surface area contributed by atoms with Gasteiger partial charge in [0.1, 0.15) is 6.10 Å². The maximum absolute atomic E-state index is 12.8. The average Bonchev–Trinajstić information content (AvgIpc) is 3.45. The van der Waals surface area contributed by atoms with E-state index in [2.05, 4.69) is 27.8 Å².